The minimum atomic E-state index is -3.78. The van der Waals surface area contributed by atoms with Gasteiger partial charge in [-0.15, -0.1) is 0 Å². The standard InChI is InChI=1S/C16H15Cl2NO4S/c17-12-2-1-3-13(18)16(12)24(20,21)19-7-6-11-4-5-14-15(10-11)23-9-8-22-14/h1-5,10,19H,6-9H2. The molecule has 8 heteroatoms. The first-order chi connectivity index (χ1) is 11.5. The van der Waals surface area contributed by atoms with Crippen LogP contribution in [0.4, 0.5) is 0 Å². The topological polar surface area (TPSA) is 64.6 Å². The zero-order valence-electron chi connectivity index (χ0n) is 12.6. The molecule has 1 heterocycles. The maximum Gasteiger partial charge on any atom is 0.243 e. The third kappa shape index (κ3) is 3.78. The van der Waals surface area contributed by atoms with E-state index in [0.717, 1.165) is 5.56 Å². The fourth-order valence-corrected chi connectivity index (χ4v) is 4.56. The third-order valence-corrected chi connectivity index (χ3v) is 5.92. The number of benzene rings is 2. The summed E-state index contributed by atoms with van der Waals surface area (Å²) in [7, 11) is -3.78. The second-order valence-corrected chi connectivity index (χ2v) is 7.69. The summed E-state index contributed by atoms with van der Waals surface area (Å²) in [5.41, 5.74) is 0.937. The number of sulfonamides is 1. The van der Waals surface area contributed by atoms with Crippen LogP contribution in [0.1, 0.15) is 5.56 Å². The molecule has 128 valence electrons. The normalized spacial score (nSPS) is 13.8. The number of fused-ring (bicyclic) bond motifs is 1. The molecule has 0 amide bonds. The Hall–Kier alpha value is -1.47. The van der Waals surface area contributed by atoms with E-state index >= 15 is 0 Å². The molecule has 0 fully saturated rings. The van der Waals surface area contributed by atoms with Crippen molar-refractivity contribution in [3.63, 3.8) is 0 Å². The van der Waals surface area contributed by atoms with Crippen molar-refractivity contribution in [3.05, 3.63) is 52.0 Å². The van der Waals surface area contributed by atoms with Gasteiger partial charge in [0.15, 0.2) is 11.5 Å². The molecule has 5 nitrogen and oxygen atoms in total. The number of ether oxygens (including phenoxy) is 2. The van der Waals surface area contributed by atoms with Crippen molar-refractivity contribution >= 4 is 33.2 Å². The van der Waals surface area contributed by atoms with Crippen molar-refractivity contribution in [1.29, 1.82) is 0 Å². The van der Waals surface area contributed by atoms with Crippen LogP contribution >= 0.6 is 23.2 Å². The van der Waals surface area contributed by atoms with Crippen molar-refractivity contribution in [2.75, 3.05) is 19.8 Å². The summed E-state index contributed by atoms with van der Waals surface area (Å²) in [6.07, 6.45) is 0.498. The third-order valence-electron chi connectivity index (χ3n) is 3.50. The van der Waals surface area contributed by atoms with Crippen LogP contribution < -0.4 is 14.2 Å². The molecule has 0 atom stereocenters. The van der Waals surface area contributed by atoms with Crippen LogP contribution in [0.5, 0.6) is 11.5 Å². The van der Waals surface area contributed by atoms with E-state index in [1.54, 1.807) is 6.07 Å². The van der Waals surface area contributed by atoms with Crippen LogP contribution in [-0.4, -0.2) is 28.2 Å². The van der Waals surface area contributed by atoms with E-state index in [2.05, 4.69) is 4.72 Å². The molecule has 0 saturated heterocycles. The van der Waals surface area contributed by atoms with Crippen molar-refractivity contribution in [2.45, 2.75) is 11.3 Å². The van der Waals surface area contributed by atoms with Gasteiger partial charge in [-0.3, -0.25) is 0 Å². The molecule has 2 aromatic carbocycles. The molecule has 1 aliphatic rings. The molecule has 0 saturated carbocycles. The molecule has 24 heavy (non-hydrogen) atoms. The van der Waals surface area contributed by atoms with E-state index in [1.807, 2.05) is 18.2 Å². The van der Waals surface area contributed by atoms with Gasteiger partial charge in [-0.25, -0.2) is 13.1 Å². The first-order valence-corrected chi connectivity index (χ1v) is 9.53. The van der Waals surface area contributed by atoms with Gasteiger partial charge in [-0.1, -0.05) is 35.3 Å². The lowest BCUT2D eigenvalue weighted by Crippen LogP contribution is -2.26. The minimum absolute atomic E-state index is 0.0920. The second kappa shape index (κ2) is 7.19. The molecule has 0 unspecified atom stereocenters. The minimum Gasteiger partial charge on any atom is -0.486 e. The average Bonchev–Trinajstić information content (AvgIpc) is 2.54. The number of halogens is 2. The highest BCUT2D eigenvalue weighted by molar-refractivity contribution is 7.89. The Balaban J connectivity index is 1.68. The van der Waals surface area contributed by atoms with E-state index in [-0.39, 0.29) is 21.5 Å². The lowest BCUT2D eigenvalue weighted by Gasteiger charge is -2.19. The Morgan fingerprint density at radius 2 is 1.67 bits per heavy atom. The van der Waals surface area contributed by atoms with Gasteiger partial charge in [0.05, 0.1) is 10.0 Å². The Morgan fingerprint density at radius 1 is 1.00 bits per heavy atom. The summed E-state index contributed by atoms with van der Waals surface area (Å²) >= 11 is 11.9. The average molecular weight is 388 g/mol. The van der Waals surface area contributed by atoms with Crippen LogP contribution in [0.3, 0.4) is 0 Å². The Bertz CT molecular complexity index is 835. The van der Waals surface area contributed by atoms with Crippen LogP contribution in [0.25, 0.3) is 0 Å². The predicted molar refractivity (Wildman–Crippen MR) is 92.8 cm³/mol. The maximum absolute atomic E-state index is 12.4. The highest BCUT2D eigenvalue weighted by Crippen LogP contribution is 2.31. The smallest absolute Gasteiger partial charge is 0.243 e. The SMILES string of the molecule is O=S(=O)(NCCc1ccc2c(c1)OCCO2)c1c(Cl)cccc1Cl. The van der Waals surface area contributed by atoms with Gasteiger partial charge in [-0.05, 0) is 36.2 Å². The van der Waals surface area contributed by atoms with Gasteiger partial charge in [0.1, 0.15) is 18.1 Å². The van der Waals surface area contributed by atoms with Crippen LogP contribution in [-0.2, 0) is 16.4 Å². The van der Waals surface area contributed by atoms with Gasteiger partial charge in [0.2, 0.25) is 10.0 Å². The number of hydrogen-bond acceptors (Lipinski definition) is 4. The van der Waals surface area contributed by atoms with E-state index in [1.165, 1.54) is 12.1 Å². The van der Waals surface area contributed by atoms with Gasteiger partial charge < -0.3 is 9.47 Å². The monoisotopic (exact) mass is 387 g/mol. The molecule has 0 spiro atoms. The number of hydrogen-bond donors (Lipinski definition) is 1. The molecule has 0 bridgehead atoms. The molecule has 2 aromatic rings. The zero-order valence-corrected chi connectivity index (χ0v) is 14.9. The zero-order chi connectivity index (χ0) is 17.2. The summed E-state index contributed by atoms with van der Waals surface area (Å²) in [5.74, 6) is 1.38. The molecule has 1 aliphatic heterocycles. The van der Waals surface area contributed by atoms with Gasteiger partial charge in [-0.2, -0.15) is 0 Å². The highest BCUT2D eigenvalue weighted by atomic mass is 35.5. The van der Waals surface area contributed by atoms with Crippen LogP contribution in [0.15, 0.2) is 41.3 Å². The Labute approximate surface area is 150 Å². The maximum atomic E-state index is 12.4. The van der Waals surface area contributed by atoms with Crippen LogP contribution in [0, 0.1) is 0 Å². The van der Waals surface area contributed by atoms with E-state index in [4.69, 9.17) is 32.7 Å². The molecule has 3 rings (SSSR count). The molecule has 0 aromatic heterocycles. The number of nitrogens with one attached hydrogen (secondary N) is 1. The van der Waals surface area contributed by atoms with Gasteiger partial charge in [0.25, 0.3) is 0 Å². The second-order valence-electron chi connectivity index (χ2n) is 5.18. The first-order valence-electron chi connectivity index (χ1n) is 7.29. The molecule has 0 aliphatic carbocycles. The van der Waals surface area contributed by atoms with E-state index < -0.39 is 10.0 Å². The quantitative estimate of drug-likeness (QED) is 0.854. The van der Waals surface area contributed by atoms with Gasteiger partial charge >= 0.3 is 0 Å². The van der Waals surface area contributed by atoms with Crippen molar-refractivity contribution in [2.24, 2.45) is 0 Å². The summed E-state index contributed by atoms with van der Waals surface area (Å²) < 4.78 is 38.2. The van der Waals surface area contributed by atoms with Crippen molar-refractivity contribution < 1.29 is 17.9 Å². The summed E-state index contributed by atoms with van der Waals surface area (Å²) in [6.45, 7) is 1.25. The largest absolute Gasteiger partial charge is 0.486 e. The van der Waals surface area contributed by atoms with Crippen molar-refractivity contribution in [1.82, 2.24) is 4.72 Å². The highest BCUT2D eigenvalue weighted by Gasteiger charge is 2.21. The summed E-state index contributed by atoms with van der Waals surface area (Å²) in [6, 6.07) is 10.1. The van der Waals surface area contributed by atoms with Crippen LogP contribution in [0.2, 0.25) is 10.0 Å². The lowest BCUT2D eigenvalue weighted by atomic mass is 10.1. The number of rotatable bonds is 5. The molecule has 1 N–H and O–H groups in total. The first kappa shape index (κ1) is 17.4. The van der Waals surface area contributed by atoms with E-state index in [9.17, 15) is 8.42 Å². The molecular formula is C16H15Cl2NO4S. The predicted octanol–water partition coefficient (Wildman–Crippen LogP) is 3.29. The fourth-order valence-electron chi connectivity index (χ4n) is 2.38. The summed E-state index contributed by atoms with van der Waals surface area (Å²) in [5, 5.41) is 0.184. The molecule has 0 radical (unpaired) electrons. The van der Waals surface area contributed by atoms with E-state index in [0.29, 0.717) is 31.1 Å². The lowest BCUT2D eigenvalue weighted by molar-refractivity contribution is 0.171. The Kier molecular flexibility index (Phi) is 5.20. The fraction of sp³-hybridized carbons (Fsp3) is 0.250. The van der Waals surface area contributed by atoms with Gasteiger partial charge in [0, 0.05) is 6.54 Å². The van der Waals surface area contributed by atoms with Crippen molar-refractivity contribution in [3.8, 4) is 11.5 Å². The Morgan fingerprint density at radius 3 is 2.38 bits per heavy atom. The summed E-state index contributed by atoms with van der Waals surface area (Å²) in [4.78, 5) is -0.101. The molecular weight excluding hydrogens is 373 g/mol.